The summed E-state index contributed by atoms with van der Waals surface area (Å²) in [6.07, 6.45) is 6.87. The van der Waals surface area contributed by atoms with Gasteiger partial charge in [0.1, 0.15) is 0 Å². The van der Waals surface area contributed by atoms with Crippen LogP contribution in [0, 0.1) is 0 Å². The number of nitrogens with one attached hydrogen (secondary N) is 1. The highest BCUT2D eigenvalue weighted by molar-refractivity contribution is 5.91. The van der Waals surface area contributed by atoms with E-state index in [9.17, 15) is 4.79 Å². The van der Waals surface area contributed by atoms with Crippen molar-refractivity contribution >= 4 is 12.0 Å². The molecule has 1 N–H and O–H groups in total. The average molecular weight is 274 g/mol. The van der Waals surface area contributed by atoms with Crippen LogP contribution >= 0.6 is 0 Å². The van der Waals surface area contributed by atoms with Crippen molar-refractivity contribution in [2.75, 3.05) is 19.9 Å². The molecule has 2 aliphatic rings. The number of nitrogens with zero attached hydrogens (tertiary/aromatic N) is 1. The van der Waals surface area contributed by atoms with Crippen molar-refractivity contribution in [2.24, 2.45) is 0 Å². The molecule has 1 aromatic carbocycles. The van der Waals surface area contributed by atoms with E-state index in [0.29, 0.717) is 0 Å². The van der Waals surface area contributed by atoms with E-state index in [1.54, 1.807) is 12.2 Å². The van der Waals surface area contributed by atoms with E-state index in [0.717, 1.165) is 43.0 Å². The Morgan fingerprint density at radius 3 is 2.80 bits per heavy atom. The monoisotopic (exact) mass is 274 g/mol. The van der Waals surface area contributed by atoms with Crippen molar-refractivity contribution in [3.8, 4) is 11.5 Å². The first-order chi connectivity index (χ1) is 9.81. The molecule has 1 fully saturated rings. The van der Waals surface area contributed by atoms with Crippen LogP contribution in [-0.2, 0) is 4.79 Å². The summed E-state index contributed by atoms with van der Waals surface area (Å²) in [4.78, 5) is 11.8. The second kappa shape index (κ2) is 5.96. The second-order valence-corrected chi connectivity index (χ2v) is 4.97. The summed E-state index contributed by atoms with van der Waals surface area (Å²) >= 11 is 0. The van der Waals surface area contributed by atoms with Gasteiger partial charge in [-0.1, -0.05) is 12.5 Å². The lowest BCUT2D eigenvalue weighted by Crippen LogP contribution is -2.44. The Hall–Kier alpha value is -2.01. The molecule has 0 aromatic heterocycles. The topological polar surface area (TPSA) is 50.8 Å². The number of rotatable bonds is 3. The molecule has 0 atom stereocenters. The van der Waals surface area contributed by atoms with Gasteiger partial charge in [0.15, 0.2) is 11.5 Å². The molecule has 0 unspecified atom stereocenters. The minimum Gasteiger partial charge on any atom is -0.454 e. The van der Waals surface area contributed by atoms with Gasteiger partial charge in [0.05, 0.1) is 0 Å². The molecular formula is C15H18N2O3. The van der Waals surface area contributed by atoms with Crippen LogP contribution in [0.4, 0.5) is 0 Å². The van der Waals surface area contributed by atoms with E-state index < -0.39 is 0 Å². The zero-order chi connectivity index (χ0) is 13.8. The van der Waals surface area contributed by atoms with Crippen molar-refractivity contribution in [1.82, 2.24) is 10.4 Å². The number of hydrogen-bond donors (Lipinski definition) is 1. The molecule has 1 saturated heterocycles. The van der Waals surface area contributed by atoms with Gasteiger partial charge in [-0.05, 0) is 36.6 Å². The molecule has 0 spiro atoms. The molecule has 1 amide bonds. The quantitative estimate of drug-likeness (QED) is 0.856. The van der Waals surface area contributed by atoms with Crippen LogP contribution in [0.15, 0.2) is 24.3 Å². The Kier molecular flexibility index (Phi) is 3.87. The number of hydrogen-bond acceptors (Lipinski definition) is 4. The fraction of sp³-hybridized carbons (Fsp3) is 0.400. The highest BCUT2D eigenvalue weighted by atomic mass is 16.7. The van der Waals surface area contributed by atoms with Gasteiger partial charge in [-0.15, -0.1) is 0 Å². The van der Waals surface area contributed by atoms with Gasteiger partial charge in [0.2, 0.25) is 6.79 Å². The average Bonchev–Trinajstić information content (AvgIpc) is 2.93. The molecule has 0 saturated carbocycles. The van der Waals surface area contributed by atoms with Crippen molar-refractivity contribution < 1.29 is 14.3 Å². The van der Waals surface area contributed by atoms with Crippen molar-refractivity contribution in [2.45, 2.75) is 19.3 Å². The number of carbonyl (C=O) groups excluding carboxylic acids is 1. The second-order valence-electron chi connectivity index (χ2n) is 4.97. The van der Waals surface area contributed by atoms with E-state index in [2.05, 4.69) is 5.43 Å². The molecule has 2 aliphatic heterocycles. The molecule has 0 aliphatic carbocycles. The number of piperidine rings is 1. The van der Waals surface area contributed by atoms with Gasteiger partial charge in [-0.2, -0.15) is 0 Å². The van der Waals surface area contributed by atoms with Gasteiger partial charge >= 0.3 is 0 Å². The van der Waals surface area contributed by atoms with Crippen LogP contribution in [0.5, 0.6) is 11.5 Å². The molecule has 106 valence electrons. The number of hydrazine groups is 1. The smallest absolute Gasteiger partial charge is 0.258 e. The number of amides is 1. The van der Waals surface area contributed by atoms with Crippen LogP contribution < -0.4 is 14.9 Å². The third-order valence-electron chi connectivity index (χ3n) is 3.45. The highest BCUT2D eigenvalue weighted by Crippen LogP contribution is 2.32. The predicted octanol–water partition coefficient (Wildman–Crippen LogP) is 1.95. The Morgan fingerprint density at radius 1 is 1.15 bits per heavy atom. The summed E-state index contributed by atoms with van der Waals surface area (Å²) in [5, 5.41) is 1.98. The Morgan fingerprint density at radius 2 is 1.95 bits per heavy atom. The van der Waals surface area contributed by atoms with Gasteiger partial charge in [0.25, 0.3) is 5.91 Å². The van der Waals surface area contributed by atoms with Gasteiger partial charge in [-0.3, -0.25) is 10.2 Å². The first-order valence-corrected chi connectivity index (χ1v) is 6.94. The number of ether oxygens (including phenoxy) is 2. The first kappa shape index (κ1) is 13.0. The normalized spacial score (nSPS) is 18.4. The number of carbonyl (C=O) groups is 1. The van der Waals surface area contributed by atoms with Crippen LogP contribution in [0.1, 0.15) is 24.8 Å². The molecule has 0 radical (unpaired) electrons. The summed E-state index contributed by atoms with van der Waals surface area (Å²) in [5.41, 5.74) is 3.81. The fourth-order valence-electron chi connectivity index (χ4n) is 2.39. The predicted molar refractivity (Wildman–Crippen MR) is 75.2 cm³/mol. The van der Waals surface area contributed by atoms with Crippen molar-refractivity contribution in [3.05, 3.63) is 29.8 Å². The summed E-state index contributed by atoms with van der Waals surface area (Å²) in [5.74, 6) is 1.38. The molecule has 20 heavy (non-hydrogen) atoms. The Bertz CT molecular complexity index is 522. The molecule has 3 rings (SSSR count). The number of fused-ring (bicyclic) bond motifs is 1. The maximum absolute atomic E-state index is 11.8. The van der Waals surface area contributed by atoms with Crippen LogP contribution in [0.2, 0.25) is 0 Å². The third-order valence-corrected chi connectivity index (χ3v) is 3.45. The van der Waals surface area contributed by atoms with Crippen molar-refractivity contribution in [3.63, 3.8) is 0 Å². The van der Waals surface area contributed by atoms with Crippen molar-refractivity contribution in [1.29, 1.82) is 0 Å². The summed E-state index contributed by atoms with van der Waals surface area (Å²) in [6.45, 7) is 2.13. The SMILES string of the molecule is O=C(C=Cc1ccc2c(c1)OCO2)NN1CCCCC1. The van der Waals surface area contributed by atoms with Gasteiger partial charge in [-0.25, -0.2) is 5.01 Å². The zero-order valence-electron chi connectivity index (χ0n) is 11.3. The molecule has 1 aromatic rings. The number of benzene rings is 1. The van der Waals surface area contributed by atoms with Crippen LogP contribution in [0.25, 0.3) is 6.08 Å². The zero-order valence-corrected chi connectivity index (χ0v) is 11.3. The summed E-state index contributed by atoms with van der Waals surface area (Å²) < 4.78 is 10.5. The first-order valence-electron chi connectivity index (χ1n) is 6.94. The molecular weight excluding hydrogens is 256 g/mol. The summed E-state index contributed by atoms with van der Waals surface area (Å²) in [6, 6.07) is 5.62. The maximum Gasteiger partial charge on any atom is 0.258 e. The summed E-state index contributed by atoms with van der Waals surface area (Å²) in [7, 11) is 0. The van der Waals surface area contributed by atoms with Crippen LogP contribution in [0.3, 0.4) is 0 Å². The highest BCUT2D eigenvalue weighted by Gasteiger charge is 2.13. The lowest BCUT2D eigenvalue weighted by molar-refractivity contribution is -0.121. The lowest BCUT2D eigenvalue weighted by atomic mass is 10.2. The Balaban J connectivity index is 1.57. The largest absolute Gasteiger partial charge is 0.454 e. The minimum atomic E-state index is -0.0930. The van der Waals surface area contributed by atoms with E-state index in [1.807, 2.05) is 23.2 Å². The van der Waals surface area contributed by atoms with E-state index in [-0.39, 0.29) is 12.7 Å². The fourth-order valence-corrected chi connectivity index (χ4v) is 2.39. The molecule has 2 heterocycles. The molecule has 5 heteroatoms. The van der Waals surface area contributed by atoms with E-state index in [4.69, 9.17) is 9.47 Å². The molecule has 5 nitrogen and oxygen atoms in total. The van der Waals surface area contributed by atoms with E-state index in [1.165, 1.54) is 6.42 Å². The Labute approximate surface area is 118 Å². The standard InChI is InChI=1S/C15H18N2O3/c18-15(16-17-8-2-1-3-9-17)7-5-12-4-6-13-14(10-12)20-11-19-13/h4-7,10H,1-3,8-9,11H2,(H,16,18). The molecule has 0 bridgehead atoms. The van der Waals surface area contributed by atoms with Gasteiger partial charge < -0.3 is 9.47 Å². The van der Waals surface area contributed by atoms with E-state index >= 15 is 0 Å². The third kappa shape index (κ3) is 3.11. The van der Waals surface area contributed by atoms with Gasteiger partial charge in [0, 0.05) is 19.2 Å². The minimum absolute atomic E-state index is 0.0930. The van der Waals surface area contributed by atoms with Crippen LogP contribution in [-0.4, -0.2) is 30.8 Å². The maximum atomic E-state index is 11.8. The lowest BCUT2D eigenvalue weighted by Gasteiger charge is -2.26.